The maximum atomic E-state index is 6.42. The molecule has 34 heavy (non-hydrogen) atoms. The van der Waals surface area contributed by atoms with Gasteiger partial charge in [-0.25, -0.2) is 14.5 Å². The van der Waals surface area contributed by atoms with Gasteiger partial charge >= 0.3 is 0 Å². The van der Waals surface area contributed by atoms with Crippen molar-refractivity contribution in [3.05, 3.63) is 54.2 Å². The third kappa shape index (κ3) is 4.83. The molecule has 7 heteroatoms. The molecule has 0 radical (unpaired) electrons. The van der Waals surface area contributed by atoms with Gasteiger partial charge in [-0.05, 0) is 49.1 Å². The number of nitrogens with zero attached hydrogens (tertiary/aromatic N) is 5. The van der Waals surface area contributed by atoms with E-state index >= 15 is 0 Å². The van der Waals surface area contributed by atoms with E-state index in [-0.39, 0.29) is 0 Å². The summed E-state index contributed by atoms with van der Waals surface area (Å²) in [7, 11) is 4.08. The molecule has 0 atom stereocenters. The molecule has 3 aromatic heterocycles. The summed E-state index contributed by atoms with van der Waals surface area (Å²) in [6.45, 7) is 5.23. The van der Waals surface area contributed by atoms with Crippen molar-refractivity contribution in [2.24, 2.45) is 0 Å². The van der Waals surface area contributed by atoms with Gasteiger partial charge in [0.1, 0.15) is 11.5 Å². The fraction of sp³-hybridized carbons (Fsp3) is 0.370. The van der Waals surface area contributed by atoms with E-state index in [1.165, 1.54) is 5.56 Å². The van der Waals surface area contributed by atoms with E-state index < -0.39 is 0 Å². The molecule has 0 spiro atoms. The van der Waals surface area contributed by atoms with Crippen molar-refractivity contribution in [1.29, 1.82) is 0 Å². The molecular formula is C27H35N7. The van der Waals surface area contributed by atoms with E-state index in [0.717, 1.165) is 72.4 Å². The second kappa shape index (κ2) is 10.5. The summed E-state index contributed by atoms with van der Waals surface area (Å²) < 4.78 is 1.88. The molecule has 0 amide bonds. The number of nitrogen functional groups attached to an aromatic ring is 1. The van der Waals surface area contributed by atoms with Crippen LogP contribution >= 0.6 is 0 Å². The molecule has 4 aromatic rings. The molecule has 7 nitrogen and oxygen atoms in total. The number of pyridine rings is 1. The monoisotopic (exact) mass is 457 g/mol. The SMILES string of the molecule is CCCCNc1nccc(-c2c(-c3ccc(N(C)C)cc3)nn3c(N)ccc(CCCC)c23)n1. The van der Waals surface area contributed by atoms with Crippen molar-refractivity contribution >= 4 is 23.0 Å². The average Bonchev–Trinajstić information content (AvgIpc) is 3.26. The first-order chi connectivity index (χ1) is 16.5. The smallest absolute Gasteiger partial charge is 0.223 e. The Morgan fingerprint density at radius 2 is 1.74 bits per heavy atom. The van der Waals surface area contributed by atoms with Gasteiger partial charge in [0, 0.05) is 38.1 Å². The summed E-state index contributed by atoms with van der Waals surface area (Å²) >= 11 is 0. The van der Waals surface area contributed by atoms with E-state index in [9.17, 15) is 0 Å². The molecule has 0 bridgehead atoms. The summed E-state index contributed by atoms with van der Waals surface area (Å²) in [6, 6.07) is 14.5. The molecule has 3 N–H and O–H groups in total. The van der Waals surface area contributed by atoms with Crippen molar-refractivity contribution in [3.8, 4) is 22.5 Å². The highest BCUT2D eigenvalue weighted by atomic mass is 15.3. The van der Waals surface area contributed by atoms with Gasteiger partial charge < -0.3 is 16.0 Å². The molecular weight excluding hydrogens is 422 g/mol. The van der Waals surface area contributed by atoms with Crippen LogP contribution in [-0.4, -0.2) is 40.2 Å². The number of aryl methyl sites for hydroxylation is 1. The van der Waals surface area contributed by atoms with Crippen LogP contribution in [0.3, 0.4) is 0 Å². The van der Waals surface area contributed by atoms with Crippen LogP contribution in [0.1, 0.15) is 45.1 Å². The van der Waals surface area contributed by atoms with Crippen molar-refractivity contribution in [2.75, 3.05) is 36.6 Å². The zero-order valence-electron chi connectivity index (χ0n) is 20.7. The lowest BCUT2D eigenvalue weighted by Crippen LogP contribution is -2.08. The summed E-state index contributed by atoms with van der Waals surface area (Å²) in [6.07, 6.45) is 7.20. The first-order valence-electron chi connectivity index (χ1n) is 12.2. The molecule has 3 heterocycles. The molecule has 0 aliphatic carbocycles. The topological polar surface area (TPSA) is 84.4 Å². The van der Waals surface area contributed by atoms with Crippen molar-refractivity contribution in [3.63, 3.8) is 0 Å². The van der Waals surface area contributed by atoms with Gasteiger partial charge in [0.2, 0.25) is 5.95 Å². The standard InChI is InChI=1S/C27H35N7/c1-5-7-9-20-12-15-23(28)34-26(20)24(22-16-18-30-27(31-22)29-17-8-6-2)25(32-34)19-10-13-21(14-11-19)33(3)4/h10-16,18H,5-9,17,28H2,1-4H3,(H,29,30,31). The van der Waals surface area contributed by atoms with E-state index in [0.29, 0.717) is 11.8 Å². The van der Waals surface area contributed by atoms with Crippen molar-refractivity contribution in [2.45, 2.75) is 46.0 Å². The number of rotatable bonds is 10. The Balaban J connectivity index is 1.92. The van der Waals surface area contributed by atoms with E-state index in [1.54, 1.807) is 0 Å². The van der Waals surface area contributed by atoms with E-state index in [1.807, 2.05) is 36.9 Å². The highest BCUT2D eigenvalue weighted by molar-refractivity contribution is 5.93. The lowest BCUT2D eigenvalue weighted by Gasteiger charge is -2.13. The second-order valence-corrected chi connectivity index (χ2v) is 8.86. The first-order valence-corrected chi connectivity index (χ1v) is 12.2. The minimum atomic E-state index is 0.614. The third-order valence-corrected chi connectivity index (χ3v) is 6.07. The second-order valence-electron chi connectivity index (χ2n) is 8.86. The molecule has 0 aliphatic heterocycles. The maximum Gasteiger partial charge on any atom is 0.223 e. The first kappa shape index (κ1) is 23.5. The number of hydrogen-bond donors (Lipinski definition) is 2. The number of nitrogens with one attached hydrogen (secondary N) is 1. The van der Waals surface area contributed by atoms with Crippen LogP contribution in [0, 0.1) is 0 Å². The summed E-state index contributed by atoms with van der Waals surface area (Å²) in [4.78, 5) is 11.4. The van der Waals surface area contributed by atoms with Crippen LogP contribution in [0.25, 0.3) is 28.0 Å². The van der Waals surface area contributed by atoms with Crippen LogP contribution in [0.4, 0.5) is 17.5 Å². The van der Waals surface area contributed by atoms with Gasteiger partial charge in [0.15, 0.2) is 0 Å². The quantitative estimate of drug-likeness (QED) is 0.299. The van der Waals surface area contributed by atoms with E-state index in [4.69, 9.17) is 15.8 Å². The Labute approximate surface area is 202 Å². The summed E-state index contributed by atoms with van der Waals surface area (Å²) in [5.74, 6) is 1.25. The molecule has 0 saturated heterocycles. The molecule has 4 rings (SSSR count). The molecule has 0 aliphatic rings. The number of anilines is 3. The number of aromatic nitrogens is 4. The van der Waals surface area contributed by atoms with Crippen LogP contribution in [0.5, 0.6) is 0 Å². The highest BCUT2D eigenvalue weighted by Crippen LogP contribution is 2.38. The van der Waals surface area contributed by atoms with Gasteiger partial charge in [-0.2, -0.15) is 5.10 Å². The normalized spacial score (nSPS) is 11.2. The van der Waals surface area contributed by atoms with Crippen LogP contribution < -0.4 is 16.0 Å². The fourth-order valence-corrected chi connectivity index (χ4v) is 4.13. The molecule has 178 valence electrons. The average molecular weight is 458 g/mol. The predicted molar refractivity (Wildman–Crippen MR) is 142 cm³/mol. The van der Waals surface area contributed by atoms with Gasteiger partial charge in [0.05, 0.1) is 16.8 Å². The zero-order chi connectivity index (χ0) is 24.1. The Kier molecular flexibility index (Phi) is 7.30. The summed E-state index contributed by atoms with van der Waals surface area (Å²) in [5, 5.41) is 8.36. The predicted octanol–water partition coefficient (Wildman–Crippen LogP) is 5.66. The van der Waals surface area contributed by atoms with E-state index in [2.05, 4.69) is 59.4 Å². The number of benzene rings is 1. The zero-order valence-corrected chi connectivity index (χ0v) is 20.7. The van der Waals surface area contributed by atoms with Crippen LogP contribution in [0.2, 0.25) is 0 Å². The third-order valence-electron chi connectivity index (χ3n) is 6.07. The minimum absolute atomic E-state index is 0.614. The molecule has 1 aromatic carbocycles. The number of nitrogens with two attached hydrogens (primary N) is 1. The largest absolute Gasteiger partial charge is 0.384 e. The lowest BCUT2D eigenvalue weighted by molar-refractivity contribution is 0.794. The number of fused-ring (bicyclic) bond motifs is 1. The van der Waals surface area contributed by atoms with Gasteiger partial charge in [-0.3, -0.25) is 0 Å². The van der Waals surface area contributed by atoms with Gasteiger partial charge in [0.25, 0.3) is 0 Å². The van der Waals surface area contributed by atoms with Crippen LogP contribution in [0.15, 0.2) is 48.7 Å². The van der Waals surface area contributed by atoms with Crippen LogP contribution in [-0.2, 0) is 6.42 Å². The van der Waals surface area contributed by atoms with Gasteiger partial charge in [-0.15, -0.1) is 0 Å². The van der Waals surface area contributed by atoms with Crippen molar-refractivity contribution in [1.82, 2.24) is 19.6 Å². The van der Waals surface area contributed by atoms with Crippen molar-refractivity contribution < 1.29 is 0 Å². The minimum Gasteiger partial charge on any atom is -0.384 e. The maximum absolute atomic E-state index is 6.42. The fourth-order valence-electron chi connectivity index (χ4n) is 4.13. The Morgan fingerprint density at radius 1 is 0.971 bits per heavy atom. The number of hydrogen-bond acceptors (Lipinski definition) is 6. The Morgan fingerprint density at radius 3 is 2.44 bits per heavy atom. The molecule has 0 saturated carbocycles. The summed E-state index contributed by atoms with van der Waals surface area (Å²) in [5.41, 5.74) is 13.6. The highest BCUT2D eigenvalue weighted by Gasteiger charge is 2.22. The van der Waals surface area contributed by atoms with Gasteiger partial charge in [-0.1, -0.05) is 44.9 Å². The molecule has 0 unspecified atom stereocenters. The number of unbranched alkanes of at least 4 members (excludes halogenated alkanes) is 2. The Hall–Kier alpha value is -3.61. The lowest BCUT2D eigenvalue weighted by atomic mass is 9.99. The Bertz CT molecular complexity index is 1240. The molecule has 0 fully saturated rings.